The van der Waals surface area contributed by atoms with E-state index in [9.17, 15) is 0 Å². The molecule has 0 aliphatic carbocycles. The Bertz CT molecular complexity index is 304. The van der Waals surface area contributed by atoms with Crippen molar-refractivity contribution in [2.24, 2.45) is 0 Å². The molecule has 1 aliphatic heterocycles. The van der Waals surface area contributed by atoms with E-state index in [0.29, 0.717) is 0 Å². The monoisotopic (exact) mass is 227 g/mol. The van der Waals surface area contributed by atoms with Gasteiger partial charge in [0.05, 0.1) is 4.87 Å². The zero-order chi connectivity index (χ0) is 10.0. The Hall–Kier alpha value is -0.180. The number of hydrogen-bond acceptors (Lipinski definition) is 2. The van der Waals surface area contributed by atoms with Crippen LogP contribution in [0.25, 0.3) is 0 Å². The summed E-state index contributed by atoms with van der Waals surface area (Å²) in [6.45, 7) is 3.38. The van der Waals surface area contributed by atoms with E-state index in [2.05, 4.69) is 24.4 Å². The third-order valence-corrected chi connectivity index (χ3v) is 4.06. The molecule has 2 rings (SSSR count). The van der Waals surface area contributed by atoms with E-state index in [4.69, 9.17) is 11.6 Å². The lowest BCUT2D eigenvalue weighted by molar-refractivity contribution is 0.542. The largest absolute Gasteiger partial charge is 0.302 e. The van der Waals surface area contributed by atoms with Crippen LogP contribution in [0.5, 0.6) is 0 Å². The lowest BCUT2D eigenvalue weighted by Crippen LogP contribution is -2.35. The van der Waals surface area contributed by atoms with Crippen LogP contribution in [0, 0.1) is 0 Å². The maximum atomic E-state index is 5.84. The highest BCUT2D eigenvalue weighted by Gasteiger charge is 2.28. The molecule has 1 aromatic carbocycles. The first kappa shape index (κ1) is 10.3. The highest BCUT2D eigenvalue weighted by atomic mass is 35.5. The van der Waals surface area contributed by atoms with Crippen molar-refractivity contribution in [1.29, 1.82) is 0 Å². The van der Waals surface area contributed by atoms with Gasteiger partial charge in [-0.05, 0) is 31.0 Å². The highest BCUT2D eigenvalue weighted by molar-refractivity contribution is 8.00. The van der Waals surface area contributed by atoms with Gasteiger partial charge in [0.25, 0.3) is 0 Å². The van der Waals surface area contributed by atoms with E-state index in [-0.39, 0.29) is 4.87 Å². The molecule has 1 unspecified atom stereocenters. The van der Waals surface area contributed by atoms with E-state index in [0.717, 1.165) is 18.0 Å². The van der Waals surface area contributed by atoms with Gasteiger partial charge in [-0.25, -0.2) is 0 Å². The van der Waals surface area contributed by atoms with Crippen LogP contribution in [0.15, 0.2) is 24.3 Å². The summed E-state index contributed by atoms with van der Waals surface area (Å²) < 4.78 is 0. The zero-order valence-corrected chi connectivity index (χ0v) is 9.79. The fourth-order valence-electron chi connectivity index (χ4n) is 1.75. The molecule has 1 aliphatic rings. The molecule has 14 heavy (non-hydrogen) atoms. The third kappa shape index (κ3) is 2.44. The van der Waals surface area contributed by atoms with Gasteiger partial charge in [0.1, 0.15) is 0 Å². The van der Waals surface area contributed by atoms with Crippen LogP contribution >= 0.6 is 23.4 Å². The normalized spacial score (nSPS) is 26.7. The standard InChI is InChI=1S/C11H14ClNS/c1-11(13-6-7-14-11)8-9-2-4-10(12)5-3-9/h2-5,13H,6-8H2,1H3. The lowest BCUT2D eigenvalue weighted by Gasteiger charge is -2.23. The van der Waals surface area contributed by atoms with Crippen molar-refractivity contribution in [1.82, 2.24) is 5.32 Å². The Morgan fingerprint density at radius 2 is 2.14 bits per heavy atom. The molecule has 1 heterocycles. The van der Waals surface area contributed by atoms with Gasteiger partial charge in [-0.3, -0.25) is 0 Å². The molecule has 1 nitrogen and oxygen atoms in total. The minimum Gasteiger partial charge on any atom is -0.302 e. The molecule has 1 aromatic rings. The van der Waals surface area contributed by atoms with Gasteiger partial charge in [0.15, 0.2) is 0 Å². The molecule has 0 spiro atoms. The molecule has 1 fully saturated rings. The average Bonchev–Trinajstić information content (AvgIpc) is 2.57. The maximum absolute atomic E-state index is 5.84. The first-order chi connectivity index (χ1) is 6.68. The molecular weight excluding hydrogens is 214 g/mol. The second-order valence-electron chi connectivity index (χ2n) is 3.81. The molecule has 1 atom stereocenters. The summed E-state index contributed by atoms with van der Waals surface area (Å²) in [6.07, 6.45) is 1.06. The molecule has 3 heteroatoms. The number of rotatable bonds is 2. The SMILES string of the molecule is CC1(Cc2ccc(Cl)cc2)NCCS1. The molecule has 1 N–H and O–H groups in total. The molecule has 76 valence electrons. The van der Waals surface area contributed by atoms with Crippen LogP contribution in [0.1, 0.15) is 12.5 Å². The maximum Gasteiger partial charge on any atom is 0.0658 e. The van der Waals surface area contributed by atoms with Gasteiger partial charge >= 0.3 is 0 Å². The van der Waals surface area contributed by atoms with Gasteiger partial charge in [0, 0.05) is 17.3 Å². The lowest BCUT2D eigenvalue weighted by atomic mass is 10.1. The molecule has 0 aromatic heterocycles. The minimum absolute atomic E-state index is 0.216. The van der Waals surface area contributed by atoms with Gasteiger partial charge in [-0.2, -0.15) is 0 Å². The fourth-order valence-corrected chi connectivity index (χ4v) is 3.00. The van der Waals surface area contributed by atoms with Gasteiger partial charge in [-0.15, -0.1) is 11.8 Å². The zero-order valence-electron chi connectivity index (χ0n) is 8.22. The van der Waals surface area contributed by atoms with Crippen LogP contribution in [-0.2, 0) is 6.42 Å². The number of nitrogens with one attached hydrogen (secondary N) is 1. The van der Waals surface area contributed by atoms with Crippen molar-refractivity contribution >= 4 is 23.4 Å². The second-order valence-corrected chi connectivity index (χ2v) is 5.84. The third-order valence-electron chi connectivity index (χ3n) is 2.48. The van der Waals surface area contributed by atoms with Gasteiger partial charge < -0.3 is 5.32 Å². The van der Waals surface area contributed by atoms with Crippen molar-refractivity contribution in [3.63, 3.8) is 0 Å². The first-order valence-corrected chi connectivity index (χ1v) is 6.18. The van der Waals surface area contributed by atoms with Crippen LogP contribution < -0.4 is 5.32 Å². The van der Waals surface area contributed by atoms with Crippen LogP contribution in [0.4, 0.5) is 0 Å². The Balaban J connectivity index is 2.06. The van der Waals surface area contributed by atoms with E-state index in [1.807, 2.05) is 23.9 Å². The van der Waals surface area contributed by atoms with Crippen LogP contribution in [0.2, 0.25) is 5.02 Å². The summed E-state index contributed by atoms with van der Waals surface area (Å²) in [4.78, 5) is 0.216. The smallest absolute Gasteiger partial charge is 0.0658 e. The summed E-state index contributed by atoms with van der Waals surface area (Å²) in [5, 5.41) is 4.34. The predicted molar refractivity (Wildman–Crippen MR) is 64.0 cm³/mol. The van der Waals surface area contributed by atoms with Crippen molar-refractivity contribution in [2.45, 2.75) is 18.2 Å². The van der Waals surface area contributed by atoms with Crippen molar-refractivity contribution in [2.75, 3.05) is 12.3 Å². The first-order valence-electron chi connectivity index (χ1n) is 4.81. The van der Waals surface area contributed by atoms with E-state index in [1.54, 1.807) is 0 Å². The van der Waals surface area contributed by atoms with Gasteiger partial charge in [-0.1, -0.05) is 23.7 Å². The number of benzene rings is 1. The summed E-state index contributed by atoms with van der Waals surface area (Å²) >= 11 is 7.84. The molecule has 1 saturated heterocycles. The Morgan fingerprint density at radius 3 is 2.71 bits per heavy atom. The molecule has 0 radical (unpaired) electrons. The summed E-state index contributed by atoms with van der Waals surface area (Å²) in [6, 6.07) is 8.13. The van der Waals surface area contributed by atoms with Crippen molar-refractivity contribution < 1.29 is 0 Å². The molecule has 0 amide bonds. The van der Waals surface area contributed by atoms with E-state index < -0.39 is 0 Å². The summed E-state index contributed by atoms with van der Waals surface area (Å²) in [5.74, 6) is 1.21. The van der Waals surface area contributed by atoms with E-state index in [1.165, 1.54) is 11.3 Å². The Labute approximate surface area is 94.2 Å². The van der Waals surface area contributed by atoms with Crippen LogP contribution in [0.3, 0.4) is 0 Å². The summed E-state index contributed by atoms with van der Waals surface area (Å²) in [5.41, 5.74) is 1.35. The highest BCUT2D eigenvalue weighted by Crippen LogP contribution is 2.30. The Morgan fingerprint density at radius 1 is 1.43 bits per heavy atom. The second kappa shape index (κ2) is 4.13. The number of thioether (sulfide) groups is 1. The van der Waals surface area contributed by atoms with E-state index >= 15 is 0 Å². The topological polar surface area (TPSA) is 12.0 Å². The quantitative estimate of drug-likeness (QED) is 0.834. The van der Waals surface area contributed by atoms with Crippen molar-refractivity contribution in [3.05, 3.63) is 34.9 Å². The Kier molecular flexibility index (Phi) is 3.05. The summed E-state index contributed by atoms with van der Waals surface area (Å²) in [7, 11) is 0. The minimum atomic E-state index is 0.216. The number of hydrogen-bond donors (Lipinski definition) is 1. The molecule has 0 saturated carbocycles. The predicted octanol–water partition coefficient (Wildman–Crippen LogP) is 2.94. The molecule has 0 bridgehead atoms. The fraction of sp³-hybridized carbons (Fsp3) is 0.455. The average molecular weight is 228 g/mol. The van der Waals surface area contributed by atoms with Crippen molar-refractivity contribution in [3.8, 4) is 0 Å². The number of halogens is 1. The molecular formula is C11H14ClNS. The van der Waals surface area contributed by atoms with Crippen LogP contribution in [-0.4, -0.2) is 17.2 Å². The van der Waals surface area contributed by atoms with Gasteiger partial charge in [0.2, 0.25) is 0 Å².